The van der Waals surface area contributed by atoms with Crippen molar-refractivity contribution in [2.75, 3.05) is 31.5 Å². The maximum Gasteiger partial charge on any atom is 0.221 e. The van der Waals surface area contributed by atoms with Crippen LogP contribution in [0, 0.1) is 12.8 Å². The Labute approximate surface area is 156 Å². The van der Waals surface area contributed by atoms with Gasteiger partial charge in [-0.05, 0) is 56.6 Å². The van der Waals surface area contributed by atoms with Gasteiger partial charge in [0.05, 0.1) is 0 Å². The molecule has 1 saturated heterocycles. The van der Waals surface area contributed by atoms with E-state index in [4.69, 9.17) is 5.73 Å². The predicted molar refractivity (Wildman–Crippen MR) is 105 cm³/mol. The summed E-state index contributed by atoms with van der Waals surface area (Å²) in [5.41, 5.74) is 7.08. The van der Waals surface area contributed by atoms with Gasteiger partial charge in [0.25, 0.3) is 0 Å². The number of aromatic nitrogens is 1. The summed E-state index contributed by atoms with van der Waals surface area (Å²) in [6.07, 6.45) is 8.27. The number of carbonyl (C=O) groups excluding carboxylic acids is 1. The zero-order valence-corrected chi connectivity index (χ0v) is 15.9. The third-order valence-corrected chi connectivity index (χ3v) is 5.52. The highest BCUT2D eigenvalue weighted by Gasteiger charge is 2.37. The molecular weight excluding hydrogens is 326 g/mol. The van der Waals surface area contributed by atoms with Crippen LogP contribution in [0.2, 0.25) is 0 Å². The van der Waals surface area contributed by atoms with Gasteiger partial charge in [-0.1, -0.05) is 6.07 Å². The summed E-state index contributed by atoms with van der Waals surface area (Å²) < 4.78 is 0. The molecule has 2 fully saturated rings. The lowest BCUT2D eigenvalue weighted by Crippen LogP contribution is -2.43. The number of nitrogens with zero attached hydrogens (tertiary/aromatic N) is 2. The maximum absolute atomic E-state index is 12.3. The molecule has 2 aliphatic rings. The number of hydrogen-bond acceptors (Lipinski definition) is 5. The van der Waals surface area contributed by atoms with E-state index in [1.165, 1.54) is 12.8 Å². The first-order valence-corrected chi connectivity index (χ1v) is 10.0. The normalized spacial score (nSPS) is 23.2. The Bertz CT molecular complexity index is 572. The SMILES string of the molecule is Cc1ccc(NCCCNC(=O)C[C@@H]2CC[C@H](CN)N2CC2CC2)nc1. The molecule has 1 aliphatic heterocycles. The zero-order valence-electron chi connectivity index (χ0n) is 15.9. The fourth-order valence-corrected chi connectivity index (χ4v) is 3.78. The molecule has 2 heterocycles. The number of pyridine rings is 1. The van der Waals surface area contributed by atoms with Crippen LogP contribution < -0.4 is 16.4 Å². The molecule has 0 bridgehead atoms. The monoisotopic (exact) mass is 359 g/mol. The minimum atomic E-state index is 0.168. The van der Waals surface area contributed by atoms with Gasteiger partial charge in [-0.25, -0.2) is 4.98 Å². The minimum absolute atomic E-state index is 0.168. The molecule has 3 rings (SSSR count). The molecule has 0 radical (unpaired) electrons. The van der Waals surface area contributed by atoms with Gasteiger partial charge in [0.1, 0.15) is 5.82 Å². The van der Waals surface area contributed by atoms with Crippen molar-refractivity contribution < 1.29 is 4.79 Å². The van der Waals surface area contributed by atoms with Crippen molar-refractivity contribution in [3.63, 3.8) is 0 Å². The third-order valence-electron chi connectivity index (χ3n) is 5.52. The first-order chi connectivity index (χ1) is 12.7. The molecular formula is C20H33N5O. The Morgan fingerprint density at radius 3 is 2.73 bits per heavy atom. The van der Waals surface area contributed by atoms with Gasteiger partial charge < -0.3 is 16.4 Å². The summed E-state index contributed by atoms with van der Waals surface area (Å²) in [5.74, 6) is 1.90. The van der Waals surface area contributed by atoms with Crippen LogP contribution in [0.3, 0.4) is 0 Å². The lowest BCUT2D eigenvalue weighted by molar-refractivity contribution is -0.122. The van der Waals surface area contributed by atoms with E-state index in [0.717, 1.165) is 49.7 Å². The maximum atomic E-state index is 12.3. The van der Waals surface area contributed by atoms with E-state index in [-0.39, 0.29) is 5.91 Å². The van der Waals surface area contributed by atoms with Crippen LogP contribution in [-0.4, -0.2) is 54.1 Å². The minimum Gasteiger partial charge on any atom is -0.370 e. The van der Waals surface area contributed by atoms with Crippen LogP contribution in [-0.2, 0) is 4.79 Å². The molecule has 0 spiro atoms. The molecule has 2 atom stereocenters. The predicted octanol–water partition coefficient (Wildman–Crippen LogP) is 1.90. The number of carbonyl (C=O) groups is 1. The fraction of sp³-hybridized carbons (Fsp3) is 0.700. The Morgan fingerprint density at radius 2 is 2.04 bits per heavy atom. The zero-order chi connectivity index (χ0) is 18.4. The second-order valence-electron chi connectivity index (χ2n) is 7.82. The molecule has 1 aromatic rings. The first kappa shape index (κ1) is 19.1. The van der Waals surface area contributed by atoms with Crippen molar-refractivity contribution in [2.45, 2.75) is 57.5 Å². The molecule has 144 valence electrons. The second kappa shape index (κ2) is 9.33. The Kier molecular flexibility index (Phi) is 6.86. The molecule has 1 amide bonds. The molecule has 0 unspecified atom stereocenters. The number of nitrogens with two attached hydrogens (primary N) is 1. The Balaban J connectivity index is 1.32. The standard InChI is InChI=1S/C20H33N5O/c1-15-3-8-19(24-13-15)22-9-2-10-23-20(26)11-17-6-7-18(12-21)25(17)14-16-4-5-16/h3,8,13,16-18H,2,4-7,9-12,14,21H2,1H3,(H,22,24)(H,23,26)/t17-,18+/m0/s1. The van der Waals surface area contributed by atoms with Crippen molar-refractivity contribution in [1.82, 2.24) is 15.2 Å². The lowest BCUT2D eigenvalue weighted by atomic mass is 10.1. The molecule has 4 N–H and O–H groups in total. The van der Waals surface area contributed by atoms with Crippen molar-refractivity contribution >= 4 is 11.7 Å². The van der Waals surface area contributed by atoms with E-state index < -0.39 is 0 Å². The average Bonchev–Trinajstić information content (AvgIpc) is 3.38. The summed E-state index contributed by atoms with van der Waals surface area (Å²) in [5, 5.41) is 6.35. The largest absolute Gasteiger partial charge is 0.370 e. The molecule has 1 saturated carbocycles. The average molecular weight is 360 g/mol. The molecule has 0 aromatic carbocycles. The van der Waals surface area contributed by atoms with Crippen molar-refractivity contribution in [2.24, 2.45) is 11.7 Å². The van der Waals surface area contributed by atoms with Crippen molar-refractivity contribution in [3.05, 3.63) is 23.9 Å². The highest BCUT2D eigenvalue weighted by molar-refractivity contribution is 5.76. The van der Waals surface area contributed by atoms with E-state index in [0.29, 0.717) is 31.6 Å². The van der Waals surface area contributed by atoms with Crippen molar-refractivity contribution in [3.8, 4) is 0 Å². The van der Waals surface area contributed by atoms with E-state index >= 15 is 0 Å². The molecule has 1 aliphatic carbocycles. The van der Waals surface area contributed by atoms with E-state index in [1.807, 2.05) is 25.3 Å². The number of hydrogen-bond donors (Lipinski definition) is 3. The smallest absolute Gasteiger partial charge is 0.221 e. The number of nitrogens with one attached hydrogen (secondary N) is 2. The van der Waals surface area contributed by atoms with Crippen LogP contribution in [0.4, 0.5) is 5.82 Å². The van der Waals surface area contributed by atoms with Crippen LogP contribution >= 0.6 is 0 Å². The van der Waals surface area contributed by atoms with E-state index in [2.05, 4.69) is 20.5 Å². The van der Waals surface area contributed by atoms with E-state index in [1.54, 1.807) is 0 Å². The van der Waals surface area contributed by atoms with Gasteiger partial charge in [-0.3, -0.25) is 9.69 Å². The summed E-state index contributed by atoms with van der Waals surface area (Å²) in [6.45, 7) is 5.38. The fourth-order valence-electron chi connectivity index (χ4n) is 3.78. The van der Waals surface area contributed by atoms with Gasteiger partial charge in [-0.2, -0.15) is 0 Å². The second-order valence-corrected chi connectivity index (χ2v) is 7.82. The van der Waals surface area contributed by atoms with Gasteiger partial charge in [0.15, 0.2) is 0 Å². The van der Waals surface area contributed by atoms with Crippen LogP contribution in [0.1, 0.15) is 44.1 Å². The lowest BCUT2D eigenvalue weighted by Gasteiger charge is -2.29. The van der Waals surface area contributed by atoms with E-state index in [9.17, 15) is 4.79 Å². The van der Waals surface area contributed by atoms with Gasteiger partial charge >= 0.3 is 0 Å². The molecule has 1 aromatic heterocycles. The Hall–Kier alpha value is -1.66. The molecule has 26 heavy (non-hydrogen) atoms. The van der Waals surface area contributed by atoms with Crippen LogP contribution in [0.25, 0.3) is 0 Å². The summed E-state index contributed by atoms with van der Waals surface area (Å²) in [4.78, 5) is 19.1. The number of amides is 1. The number of aryl methyl sites for hydroxylation is 1. The summed E-state index contributed by atoms with van der Waals surface area (Å²) in [7, 11) is 0. The van der Waals surface area contributed by atoms with Crippen LogP contribution in [0.5, 0.6) is 0 Å². The highest BCUT2D eigenvalue weighted by atomic mass is 16.1. The Morgan fingerprint density at radius 1 is 1.23 bits per heavy atom. The van der Waals surface area contributed by atoms with Crippen molar-refractivity contribution in [1.29, 1.82) is 0 Å². The number of likely N-dealkylation sites (tertiary alicyclic amines) is 1. The molecule has 6 nitrogen and oxygen atoms in total. The number of rotatable bonds is 10. The van der Waals surface area contributed by atoms with Gasteiger partial charge in [-0.15, -0.1) is 0 Å². The number of anilines is 1. The van der Waals surface area contributed by atoms with Gasteiger partial charge in [0.2, 0.25) is 5.91 Å². The first-order valence-electron chi connectivity index (χ1n) is 10.0. The van der Waals surface area contributed by atoms with Crippen LogP contribution in [0.15, 0.2) is 18.3 Å². The summed E-state index contributed by atoms with van der Waals surface area (Å²) >= 11 is 0. The topological polar surface area (TPSA) is 83.3 Å². The quantitative estimate of drug-likeness (QED) is 0.556. The van der Waals surface area contributed by atoms with Gasteiger partial charge in [0, 0.05) is 50.9 Å². The summed E-state index contributed by atoms with van der Waals surface area (Å²) in [6, 6.07) is 4.87. The molecule has 6 heteroatoms. The third kappa shape index (κ3) is 5.68. The highest BCUT2D eigenvalue weighted by Crippen LogP contribution is 2.35.